The van der Waals surface area contributed by atoms with Gasteiger partial charge in [0.2, 0.25) is 11.1 Å². The lowest BCUT2D eigenvalue weighted by Crippen LogP contribution is -2.12. The van der Waals surface area contributed by atoms with Crippen LogP contribution in [-0.2, 0) is 4.79 Å². The van der Waals surface area contributed by atoms with E-state index in [0.29, 0.717) is 22.5 Å². The second-order valence-electron chi connectivity index (χ2n) is 5.76. The van der Waals surface area contributed by atoms with Gasteiger partial charge in [-0.1, -0.05) is 60.3 Å². The third-order valence-corrected chi connectivity index (χ3v) is 5.50. The molecule has 0 bridgehead atoms. The number of carbonyl (C=O) groups excluding carboxylic acids is 1. The van der Waals surface area contributed by atoms with Crippen LogP contribution in [0.2, 0.25) is 0 Å². The number of nitrogens with zero attached hydrogens (tertiary/aromatic N) is 5. The first-order chi connectivity index (χ1) is 13.8. The first kappa shape index (κ1) is 18.3. The first-order valence-corrected chi connectivity index (χ1v) is 10.4. The van der Waals surface area contributed by atoms with E-state index in [2.05, 4.69) is 25.8 Å². The number of para-hydroxylation sites is 1. The molecule has 0 spiro atoms. The molecule has 1 amide bonds. The molecule has 28 heavy (non-hydrogen) atoms. The fraction of sp³-hybridized carbons (Fsp3) is 0.105. The monoisotopic (exact) mass is 408 g/mol. The highest BCUT2D eigenvalue weighted by Gasteiger charge is 2.11. The number of tetrazole rings is 1. The molecule has 0 aliphatic rings. The summed E-state index contributed by atoms with van der Waals surface area (Å²) in [5.74, 6) is 0.482. The Hall–Kier alpha value is -3.04. The van der Waals surface area contributed by atoms with Gasteiger partial charge >= 0.3 is 0 Å². The number of hydrogen-bond acceptors (Lipinski definition) is 7. The second kappa shape index (κ2) is 8.77. The van der Waals surface area contributed by atoms with E-state index in [1.54, 1.807) is 4.68 Å². The summed E-state index contributed by atoms with van der Waals surface area (Å²) in [5.41, 5.74) is 2.77. The van der Waals surface area contributed by atoms with Gasteiger partial charge in [-0.3, -0.25) is 4.79 Å². The third kappa shape index (κ3) is 4.44. The van der Waals surface area contributed by atoms with Crippen LogP contribution in [0.5, 0.6) is 0 Å². The molecule has 0 aliphatic carbocycles. The van der Waals surface area contributed by atoms with Gasteiger partial charge < -0.3 is 5.32 Å². The van der Waals surface area contributed by atoms with Crippen molar-refractivity contribution in [2.24, 2.45) is 0 Å². The van der Waals surface area contributed by atoms with E-state index in [9.17, 15) is 4.79 Å². The number of thiazole rings is 1. The van der Waals surface area contributed by atoms with Crippen molar-refractivity contribution in [3.8, 4) is 16.9 Å². The Morgan fingerprint density at radius 2 is 1.82 bits per heavy atom. The van der Waals surface area contributed by atoms with E-state index in [1.807, 2.05) is 66.0 Å². The molecule has 140 valence electrons. The van der Waals surface area contributed by atoms with Gasteiger partial charge in [0.25, 0.3) is 0 Å². The Bertz CT molecular complexity index is 1050. The van der Waals surface area contributed by atoms with Crippen LogP contribution in [0.25, 0.3) is 16.9 Å². The van der Waals surface area contributed by atoms with Gasteiger partial charge in [0.15, 0.2) is 5.13 Å². The predicted molar refractivity (Wildman–Crippen MR) is 111 cm³/mol. The number of benzene rings is 2. The third-order valence-electron chi connectivity index (χ3n) is 3.82. The van der Waals surface area contributed by atoms with E-state index < -0.39 is 0 Å². The Morgan fingerprint density at radius 1 is 1.07 bits per heavy atom. The number of anilines is 1. The standard InChI is InChI=1S/C19H16N6OS2/c26-17(21-18-20-16(13-28-18)14-7-3-1-4-8-14)11-12-27-19-22-23-24-25(19)15-9-5-2-6-10-15/h1-10,13H,11-12H2,(H,20,21,26). The summed E-state index contributed by atoms with van der Waals surface area (Å²) in [6, 6.07) is 19.5. The lowest BCUT2D eigenvalue weighted by molar-refractivity contribution is -0.115. The number of thioether (sulfide) groups is 1. The molecule has 1 N–H and O–H groups in total. The van der Waals surface area contributed by atoms with E-state index in [4.69, 9.17) is 0 Å². The normalized spacial score (nSPS) is 10.7. The lowest BCUT2D eigenvalue weighted by Gasteiger charge is -2.04. The summed E-state index contributed by atoms with van der Waals surface area (Å²) < 4.78 is 1.66. The van der Waals surface area contributed by atoms with E-state index in [-0.39, 0.29) is 5.91 Å². The minimum absolute atomic E-state index is 0.0832. The molecule has 2 aromatic heterocycles. The SMILES string of the molecule is O=C(CCSc1nnnn1-c1ccccc1)Nc1nc(-c2ccccc2)cs1. The van der Waals surface area contributed by atoms with Gasteiger partial charge in [0.05, 0.1) is 11.4 Å². The number of amides is 1. The molecule has 2 aromatic carbocycles. The summed E-state index contributed by atoms with van der Waals surface area (Å²) >= 11 is 2.86. The largest absolute Gasteiger partial charge is 0.302 e. The van der Waals surface area contributed by atoms with Crippen LogP contribution in [0.4, 0.5) is 5.13 Å². The maximum atomic E-state index is 12.2. The van der Waals surface area contributed by atoms with Crippen molar-refractivity contribution >= 4 is 34.1 Å². The number of carbonyl (C=O) groups is 1. The fourth-order valence-electron chi connectivity index (χ4n) is 2.49. The molecule has 0 unspecified atom stereocenters. The summed E-state index contributed by atoms with van der Waals surface area (Å²) in [5, 5.41) is 17.8. The average molecular weight is 409 g/mol. The highest BCUT2D eigenvalue weighted by Crippen LogP contribution is 2.25. The van der Waals surface area contributed by atoms with Crippen molar-refractivity contribution in [1.29, 1.82) is 0 Å². The molecular weight excluding hydrogens is 392 g/mol. The van der Waals surface area contributed by atoms with E-state index in [1.165, 1.54) is 23.1 Å². The summed E-state index contributed by atoms with van der Waals surface area (Å²) in [6.45, 7) is 0. The maximum Gasteiger partial charge on any atom is 0.226 e. The van der Waals surface area contributed by atoms with Crippen LogP contribution in [-0.4, -0.2) is 36.9 Å². The van der Waals surface area contributed by atoms with E-state index in [0.717, 1.165) is 16.9 Å². The van der Waals surface area contributed by atoms with Crippen molar-refractivity contribution < 1.29 is 4.79 Å². The van der Waals surface area contributed by atoms with Crippen LogP contribution in [0.15, 0.2) is 71.2 Å². The van der Waals surface area contributed by atoms with Crippen LogP contribution >= 0.6 is 23.1 Å². The lowest BCUT2D eigenvalue weighted by atomic mass is 10.2. The summed E-state index contributed by atoms with van der Waals surface area (Å²) in [7, 11) is 0. The van der Waals surface area contributed by atoms with E-state index >= 15 is 0 Å². The van der Waals surface area contributed by atoms with Crippen molar-refractivity contribution in [1.82, 2.24) is 25.2 Å². The fourth-order valence-corrected chi connectivity index (χ4v) is 4.05. The minimum atomic E-state index is -0.0832. The van der Waals surface area contributed by atoms with Gasteiger partial charge in [-0.05, 0) is 22.6 Å². The minimum Gasteiger partial charge on any atom is -0.302 e. The Morgan fingerprint density at radius 3 is 2.61 bits per heavy atom. The predicted octanol–water partition coefficient (Wildman–Crippen LogP) is 3.91. The van der Waals surface area contributed by atoms with Crippen molar-refractivity contribution in [3.05, 3.63) is 66.0 Å². The zero-order chi connectivity index (χ0) is 19.2. The zero-order valence-electron chi connectivity index (χ0n) is 14.7. The van der Waals surface area contributed by atoms with Crippen molar-refractivity contribution in [2.75, 3.05) is 11.1 Å². The number of nitrogens with one attached hydrogen (secondary N) is 1. The van der Waals surface area contributed by atoms with Crippen LogP contribution in [0.3, 0.4) is 0 Å². The molecule has 0 fully saturated rings. The molecule has 7 nitrogen and oxygen atoms in total. The van der Waals surface area contributed by atoms with Crippen LogP contribution < -0.4 is 5.32 Å². The van der Waals surface area contributed by atoms with Gasteiger partial charge in [0.1, 0.15) is 0 Å². The van der Waals surface area contributed by atoms with Crippen molar-refractivity contribution in [3.63, 3.8) is 0 Å². The van der Waals surface area contributed by atoms with Gasteiger partial charge in [-0.2, -0.15) is 4.68 Å². The molecule has 0 saturated carbocycles. The molecule has 4 rings (SSSR count). The molecule has 9 heteroatoms. The van der Waals surface area contributed by atoms with Crippen molar-refractivity contribution in [2.45, 2.75) is 11.6 Å². The van der Waals surface area contributed by atoms with Crippen LogP contribution in [0.1, 0.15) is 6.42 Å². The molecule has 0 saturated heterocycles. The Kier molecular flexibility index (Phi) is 5.74. The highest BCUT2D eigenvalue weighted by molar-refractivity contribution is 7.99. The first-order valence-electron chi connectivity index (χ1n) is 8.57. The molecule has 0 radical (unpaired) electrons. The quantitative estimate of drug-likeness (QED) is 0.467. The maximum absolute atomic E-state index is 12.2. The van der Waals surface area contributed by atoms with Gasteiger partial charge in [0, 0.05) is 23.1 Å². The molecule has 0 atom stereocenters. The van der Waals surface area contributed by atoms with Crippen LogP contribution in [0, 0.1) is 0 Å². The number of rotatable bonds is 7. The number of hydrogen-bond donors (Lipinski definition) is 1. The Balaban J connectivity index is 1.30. The van der Waals surface area contributed by atoms with Gasteiger partial charge in [-0.15, -0.1) is 16.4 Å². The summed E-state index contributed by atoms with van der Waals surface area (Å²) in [4.78, 5) is 16.7. The number of aromatic nitrogens is 5. The molecule has 2 heterocycles. The molecular formula is C19H16N6OS2. The zero-order valence-corrected chi connectivity index (χ0v) is 16.4. The molecule has 0 aliphatic heterocycles. The average Bonchev–Trinajstić information content (AvgIpc) is 3.39. The second-order valence-corrected chi connectivity index (χ2v) is 7.68. The highest BCUT2D eigenvalue weighted by atomic mass is 32.2. The smallest absolute Gasteiger partial charge is 0.226 e. The molecule has 4 aromatic rings. The Labute approximate surface area is 169 Å². The van der Waals surface area contributed by atoms with Gasteiger partial charge in [-0.25, -0.2) is 4.98 Å². The summed E-state index contributed by atoms with van der Waals surface area (Å²) in [6.07, 6.45) is 0.340. The topological polar surface area (TPSA) is 85.6 Å².